The molecule has 0 heteroatoms. The smallest absolute Gasteiger partial charge is 0.0199 e. The summed E-state index contributed by atoms with van der Waals surface area (Å²) in [6.07, 6.45) is 15.3. The lowest BCUT2D eigenvalue weighted by Crippen LogP contribution is -2.11. The molecule has 1 fully saturated rings. The lowest BCUT2D eigenvalue weighted by Gasteiger charge is -2.22. The summed E-state index contributed by atoms with van der Waals surface area (Å²) in [5, 5.41) is 0. The first-order valence-corrected chi connectivity index (χ1v) is 6.58. The van der Waals surface area contributed by atoms with Crippen molar-refractivity contribution in [2.24, 2.45) is 23.7 Å². The van der Waals surface area contributed by atoms with Crippen molar-refractivity contribution in [3.8, 4) is 0 Å². The van der Waals surface area contributed by atoms with Gasteiger partial charge in [0.15, 0.2) is 0 Å². The molecule has 2 aliphatic rings. The molecular weight excluding hydrogens is 180 g/mol. The SMILES string of the molecule is C=CCCCC(C)CC1CC2C=CC1C2. The summed E-state index contributed by atoms with van der Waals surface area (Å²) < 4.78 is 0. The number of hydrogen-bond acceptors (Lipinski definition) is 0. The molecule has 0 spiro atoms. The average molecular weight is 204 g/mol. The minimum atomic E-state index is 0.919. The fraction of sp³-hybridized carbons (Fsp3) is 0.733. The summed E-state index contributed by atoms with van der Waals surface area (Å²) in [6, 6.07) is 0. The quantitative estimate of drug-likeness (QED) is 0.439. The summed E-state index contributed by atoms with van der Waals surface area (Å²) >= 11 is 0. The van der Waals surface area contributed by atoms with Gasteiger partial charge in [0, 0.05) is 0 Å². The third-order valence-corrected chi connectivity index (χ3v) is 4.23. The number of fused-ring (bicyclic) bond motifs is 2. The number of unbranched alkanes of at least 4 members (excludes halogenated alkanes) is 1. The van der Waals surface area contributed by atoms with Gasteiger partial charge in [0.25, 0.3) is 0 Å². The Morgan fingerprint density at radius 2 is 2.27 bits per heavy atom. The molecular formula is C15H24. The Hall–Kier alpha value is -0.520. The van der Waals surface area contributed by atoms with Crippen molar-refractivity contribution in [3.05, 3.63) is 24.8 Å². The highest BCUT2D eigenvalue weighted by atomic mass is 14.4. The topological polar surface area (TPSA) is 0 Å². The molecule has 0 radical (unpaired) electrons. The highest BCUT2D eigenvalue weighted by Gasteiger charge is 2.35. The van der Waals surface area contributed by atoms with Crippen LogP contribution in [0.5, 0.6) is 0 Å². The van der Waals surface area contributed by atoms with E-state index in [2.05, 4.69) is 25.7 Å². The molecule has 2 aliphatic carbocycles. The molecule has 1 saturated carbocycles. The molecule has 0 heterocycles. The second-order valence-corrected chi connectivity index (χ2v) is 5.60. The van der Waals surface area contributed by atoms with E-state index in [4.69, 9.17) is 0 Å². The van der Waals surface area contributed by atoms with Crippen LogP contribution in [0.4, 0.5) is 0 Å². The van der Waals surface area contributed by atoms with Crippen LogP contribution >= 0.6 is 0 Å². The largest absolute Gasteiger partial charge is 0.103 e. The van der Waals surface area contributed by atoms with Gasteiger partial charge in [0.05, 0.1) is 0 Å². The van der Waals surface area contributed by atoms with Gasteiger partial charge in [-0.3, -0.25) is 0 Å². The molecule has 0 N–H and O–H groups in total. The number of rotatable bonds is 6. The van der Waals surface area contributed by atoms with Crippen molar-refractivity contribution in [2.45, 2.75) is 45.4 Å². The van der Waals surface area contributed by atoms with E-state index in [0.717, 1.165) is 23.7 Å². The van der Waals surface area contributed by atoms with E-state index in [1.807, 2.05) is 6.08 Å². The Bertz CT molecular complexity index is 238. The Kier molecular flexibility index (Phi) is 3.66. The zero-order valence-electron chi connectivity index (χ0n) is 9.99. The van der Waals surface area contributed by atoms with Gasteiger partial charge >= 0.3 is 0 Å². The van der Waals surface area contributed by atoms with Crippen molar-refractivity contribution in [1.82, 2.24) is 0 Å². The van der Waals surface area contributed by atoms with Crippen molar-refractivity contribution in [3.63, 3.8) is 0 Å². The van der Waals surface area contributed by atoms with E-state index in [1.165, 1.54) is 38.5 Å². The van der Waals surface area contributed by atoms with Gasteiger partial charge in [-0.15, -0.1) is 6.58 Å². The summed E-state index contributed by atoms with van der Waals surface area (Å²) in [5.41, 5.74) is 0. The van der Waals surface area contributed by atoms with Crippen molar-refractivity contribution in [1.29, 1.82) is 0 Å². The van der Waals surface area contributed by atoms with Gasteiger partial charge in [-0.1, -0.05) is 31.6 Å². The lowest BCUT2D eigenvalue weighted by atomic mass is 9.84. The zero-order valence-corrected chi connectivity index (χ0v) is 9.99. The Balaban J connectivity index is 1.68. The van der Waals surface area contributed by atoms with Crippen LogP contribution in [-0.2, 0) is 0 Å². The van der Waals surface area contributed by atoms with Gasteiger partial charge < -0.3 is 0 Å². The van der Waals surface area contributed by atoms with Gasteiger partial charge in [-0.05, 0) is 55.8 Å². The second kappa shape index (κ2) is 5.01. The maximum Gasteiger partial charge on any atom is -0.0199 e. The summed E-state index contributed by atoms with van der Waals surface area (Å²) in [7, 11) is 0. The Morgan fingerprint density at radius 1 is 1.40 bits per heavy atom. The summed E-state index contributed by atoms with van der Waals surface area (Å²) in [6.45, 7) is 6.21. The van der Waals surface area contributed by atoms with Crippen LogP contribution < -0.4 is 0 Å². The first-order chi connectivity index (χ1) is 7.29. The van der Waals surface area contributed by atoms with Crippen LogP contribution in [0.25, 0.3) is 0 Å². The van der Waals surface area contributed by atoms with Crippen molar-refractivity contribution in [2.75, 3.05) is 0 Å². The third-order valence-electron chi connectivity index (χ3n) is 4.23. The predicted octanol–water partition coefficient (Wildman–Crippen LogP) is 4.58. The summed E-state index contributed by atoms with van der Waals surface area (Å²) in [4.78, 5) is 0. The minimum absolute atomic E-state index is 0.919. The molecule has 2 bridgehead atoms. The van der Waals surface area contributed by atoms with E-state index < -0.39 is 0 Å². The highest BCUT2D eigenvalue weighted by molar-refractivity contribution is 5.10. The first-order valence-electron chi connectivity index (χ1n) is 6.58. The van der Waals surface area contributed by atoms with Crippen molar-refractivity contribution >= 4 is 0 Å². The van der Waals surface area contributed by atoms with E-state index in [0.29, 0.717) is 0 Å². The lowest BCUT2D eigenvalue weighted by molar-refractivity contribution is 0.329. The fourth-order valence-electron chi connectivity index (χ4n) is 3.41. The summed E-state index contributed by atoms with van der Waals surface area (Å²) in [5.74, 6) is 3.82. The Morgan fingerprint density at radius 3 is 2.87 bits per heavy atom. The van der Waals surface area contributed by atoms with Gasteiger partial charge in [-0.25, -0.2) is 0 Å². The van der Waals surface area contributed by atoms with Crippen LogP contribution in [0.15, 0.2) is 24.8 Å². The molecule has 0 nitrogen and oxygen atoms in total. The second-order valence-electron chi connectivity index (χ2n) is 5.60. The van der Waals surface area contributed by atoms with E-state index >= 15 is 0 Å². The molecule has 0 aromatic carbocycles. The maximum atomic E-state index is 3.78. The molecule has 0 amide bonds. The monoisotopic (exact) mass is 204 g/mol. The van der Waals surface area contributed by atoms with Gasteiger partial charge in [0.1, 0.15) is 0 Å². The normalized spacial score (nSPS) is 34.6. The number of allylic oxidation sites excluding steroid dienone is 3. The molecule has 0 aliphatic heterocycles. The zero-order chi connectivity index (χ0) is 10.7. The highest BCUT2D eigenvalue weighted by Crippen LogP contribution is 2.46. The maximum absolute atomic E-state index is 3.78. The van der Waals surface area contributed by atoms with Crippen LogP contribution in [0, 0.1) is 23.7 Å². The fourth-order valence-corrected chi connectivity index (χ4v) is 3.41. The number of hydrogen-bond donors (Lipinski definition) is 0. The van der Waals surface area contributed by atoms with Gasteiger partial charge in [-0.2, -0.15) is 0 Å². The van der Waals surface area contributed by atoms with Crippen LogP contribution in [-0.4, -0.2) is 0 Å². The molecule has 4 atom stereocenters. The molecule has 0 aromatic rings. The van der Waals surface area contributed by atoms with E-state index in [1.54, 1.807) is 0 Å². The first kappa shape index (κ1) is 11.0. The van der Waals surface area contributed by atoms with Crippen molar-refractivity contribution < 1.29 is 0 Å². The van der Waals surface area contributed by atoms with Crippen LogP contribution in [0.3, 0.4) is 0 Å². The molecule has 15 heavy (non-hydrogen) atoms. The van der Waals surface area contributed by atoms with E-state index in [-0.39, 0.29) is 0 Å². The van der Waals surface area contributed by atoms with Crippen LogP contribution in [0.1, 0.15) is 45.4 Å². The standard InChI is InChI=1S/C15H24/c1-3-4-5-6-12(2)9-15-11-13-7-8-14(15)10-13/h3,7-8,12-15H,1,4-6,9-11H2,2H3. The molecule has 0 saturated heterocycles. The molecule has 4 unspecified atom stereocenters. The van der Waals surface area contributed by atoms with Crippen LogP contribution in [0.2, 0.25) is 0 Å². The minimum Gasteiger partial charge on any atom is -0.103 e. The Labute approximate surface area is 94.5 Å². The molecule has 0 aromatic heterocycles. The predicted molar refractivity (Wildman–Crippen MR) is 66.7 cm³/mol. The molecule has 2 rings (SSSR count). The van der Waals surface area contributed by atoms with Gasteiger partial charge in [0.2, 0.25) is 0 Å². The molecule has 84 valence electrons. The third kappa shape index (κ3) is 2.74. The van der Waals surface area contributed by atoms with E-state index in [9.17, 15) is 0 Å². The average Bonchev–Trinajstić information content (AvgIpc) is 2.79.